The lowest BCUT2D eigenvalue weighted by molar-refractivity contribution is -0.156. The van der Waals surface area contributed by atoms with Crippen molar-refractivity contribution in [3.05, 3.63) is 59.4 Å². The number of sulfonamides is 1. The molecular formula is C41H51N5O9S. The zero-order valence-corrected chi connectivity index (χ0v) is 32.4. The van der Waals surface area contributed by atoms with Gasteiger partial charge in [0.25, 0.3) is 17.5 Å². The Morgan fingerprint density at radius 1 is 0.946 bits per heavy atom. The number of fused-ring (bicyclic) bond motifs is 5. The summed E-state index contributed by atoms with van der Waals surface area (Å²) in [5.74, 6) is -3.43. The summed E-state index contributed by atoms with van der Waals surface area (Å²) in [6, 6.07) is 5.92. The van der Waals surface area contributed by atoms with E-state index in [0.29, 0.717) is 23.7 Å². The number of hydrogen-bond donors (Lipinski definition) is 2. The first kappa shape index (κ1) is 38.3. The van der Waals surface area contributed by atoms with Crippen LogP contribution >= 0.6 is 0 Å². The van der Waals surface area contributed by atoms with Gasteiger partial charge in [0.05, 0.1) is 35.0 Å². The van der Waals surface area contributed by atoms with Crippen LogP contribution in [-0.4, -0.2) is 82.1 Å². The maximum atomic E-state index is 14.9. The Bertz CT molecular complexity index is 2110. The summed E-state index contributed by atoms with van der Waals surface area (Å²) in [5.41, 5.74) is -1.40. The van der Waals surface area contributed by atoms with Gasteiger partial charge in [-0.25, -0.2) is 8.42 Å². The first-order valence-corrected chi connectivity index (χ1v) is 21.8. The van der Waals surface area contributed by atoms with Gasteiger partial charge in [0.1, 0.15) is 23.8 Å². The molecule has 2 bridgehead atoms. The monoisotopic (exact) mass is 789 g/mol. The van der Waals surface area contributed by atoms with Gasteiger partial charge < -0.3 is 19.7 Å². The highest BCUT2D eigenvalue weighted by molar-refractivity contribution is 7.91. The van der Waals surface area contributed by atoms with E-state index >= 15 is 0 Å². The lowest BCUT2D eigenvalue weighted by Gasteiger charge is -2.32. The standard InChI is InChI=1S/C41H51N5O9S/c1-2-27-23-41(27,39(51)44-56(52,53)29-18-19-29)43-36(48)33-21-28-24-46(33)38(50)31(25-11-5-6-12-25)22-35(47)55-34-17-10-14-26(34)13-4-3-9-20-45-37(49)30-15-7-8-16-32(30)42-40(45)54-28/h2-3,7-9,15-16,25-29,31,33-34H,1,4-6,10-14,17-24H2,(H,43,48)(H,44,51)/t26-,27-,28-,31+,33+,34-,41-/m1/s1. The van der Waals surface area contributed by atoms with Crippen LogP contribution in [0.1, 0.15) is 89.9 Å². The molecule has 56 heavy (non-hydrogen) atoms. The molecule has 0 radical (unpaired) electrons. The van der Waals surface area contributed by atoms with Crippen LogP contribution in [0.3, 0.4) is 0 Å². The van der Waals surface area contributed by atoms with Crippen molar-refractivity contribution in [3.63, 3.8) is 0 Å². The minimum Gasteiger partial charge on any atom is -0.462 e. The number of aromatic nitrogens is 2. The Labute approximate surface area is 326 Å². The van der Waals surface area contributed by atoms with Crippen molar-refractivity contribution >= 4 is 44.6 Å². The van der Waals surface area contributed by atoms with Crippen LogP contribution in [-0.2, 0) is 40.5 Å². The third kappa shape index (κ3) is 7.62. The van der Waals surface area contributed by atoms with Gasteiger partial charge in [0.15, 0.2) is 0 Å². The van der Waals surface area contributed by atoms with Crippen molar-refractivity contribution in [3.8, 4) is 6.01 Å². The Morgan fingerprint density at radius 3 is 2.46 bits per heavy atom. The van der Waals surface area contributed by atoms with Crippen LogP contribution in [0.2, 0.25) is 0 Å². The summed E-state index contributed by atoms with van der Waals surface area (Å²) in [6.45, 7) is 3.94. The predicted molar refractivity (Wildman–Crippen MR) is 205 cm³/mol. The number of para-hydroxylation sites is 1. The van der Waals surface area contributed by atoms with Crippen molar-refractivity contribution in [2.24, 2.45) is 23.7 Å². The van der Waals surface area contributed by atoms with E-state index in [-0.39, 0.29) is 67.8 Å². The molecule has 6 aliphatic rings. The Morgan fingerprint density at radius 2 is 1.71 bits per heavy atom. The van der Waals surface area contributed by atoms with Crippen molar-refractivity contribution in [2.75, 3.05) is 6.54 Å². The highest BCUT2D eigenvalue weighted by Gasteiger charge is 2.62. The fourth-order valence-corrected chi connectivity index (χ4v) is 10.8. The molecule has 8 rings (SSSR count). The molecule has 7 atom stereocenters. The minimum absolute atomic E-state index is 0.00146. The molecule has 1 aromatic carbocycles. The average molecular weight is 790 g/mol. The third-order valence-corrected chi connectivity index (χ3v) is 14.7. The predicted octanol–water partition coefficient (Wildman–Crippen LogP) is 3.67. The topological polar surface area (TPSA) is 183 Å². The number of allylic oxidation sites excluding steroid dienone is 2. The second-order valence-electron chi connectivity index (χ2n) is 16.6. The lowest BCUT2D eigenvalue weighted by atomic mass is 9.86. The number of amides is 3. The summed E-state index contributed by atoms with van der Waals surface area (Å²) in [5, 5.41) is 2.62. The van der Waals surface area contributed by atoms with Crippen LogP contribution in [0.5, 0.6) is 6.01 Å². The van der Waals surface area contributed by atoms with Crippen LogP contribution < -0.4 is 20.3 Å². The molecule has 1 aromatic heterocycles. The highest BCUT2D eigenvalue weighted by atomic mass is 32.2. The summed E-state index contributed by atoms with van der Waals surface area (Å²) < 4.78 is 41.8. The van der Waals surface area contributed by atoms with E-state index < -0.39 is 62.6 Å². The van der Waals surface area contributed by atoms with E-state index in [2.05, 4.69) is 16.6 Å². The third-order valence-electron chi connectivity index (χ3n) is 12.9. The summed E-state index contributed by atoms with van der Waals surface area (Å²) >= 11 is 0. The SMILES string of the molecule is C=C[C@@H]1C[C@]1(NC(=O)[C@@H]1C[C@@H]2CN1C(=O)[C@H](C1CCCC1)CC(=O)O[C@@H]1CCC[C@H]1CCC=CCn1c(nc3ccccc3c1=O)O2)C(=O)NS(=O)(=O)C1CC1. The first-order chi connectivity index (χ1) is 27.0. The van der Waals surface area contributed by atoms with Crippen molar-refractivity contribution in [1.82, 2.24) is 24.5 Å². The number of nitrogens with zero attached hydrogens (tertiary/aromatic N) is 3. The summed E-state index contributed by atoms with van der Waals surface area (Å²) in [7, 11) is -3.91. The largest absolute Gasteiger partial charge is 0.462 e. The number of carbonyl (C=O) groups excluding carboxylic acids is 4. The molecule has 2 N–H and O–H groups in total. The van der Waals surface area contributed by atoms with Gasteiger partial charge in [0, 0.05) is 18.9 Å². The average Bonchev–Trinajstić information content (AvgIpc) is 3.96. The second kappa shape index (κ2) is 15.4. The van der Waals surface area contributed by atoms with E-state index in [0.717, 1.165) is 57.8 Å². The van der Waals surface area contributed by atoms with Crippen LogP contribution in [0.25, 0.3) is 10.9 Å². The number of carbonyl (C=O) groups is 4. The van der Waals surface area contributed by atoms with Gasteiger partial charge in [0.2, 0.25) is 21.8 Å². The zero-order valence-electron chi connectivity index (χ0n) is 31.6. The summed E-state index contributed by atoms with van der Waals surface area (Å²) in [6.07, 6.45) is 12.9. The van der Waals surface area contributed by atoms with Crippen molar-refractivity contribution in [1.29, 1.82) is 0 Å². The van der Waals surface area contributed by atoms with Gasteiger partial charge in [-0.1, -0.05) is 43.2 Å². The number of hydrogen-bond acceptors (Lipinski definition) is 10. The van der Waals surface area contributed by atoms with Gasteiger partial charge in [-0.15, -0.1) is 6.58 Å². The Balaban J connectivity index is 1.14. The van der Waals surface area contributed by atoms with E-state index in [4.69, 9.17) is 14.5 Å². The molecule has 5 fully saturated rings. The van der Waals surface area contributed by atoms with E-state index in [9.17, 15) is 32.4 Å². The molecule has 14 nitrogen and oxygen atoms in total. The number of esters is 1. The van der Waals surface area contributed by atoms with Crippen LogP contribution in [0, 0.1) is 23.7 Å². The normalized spacial score (nSPS) is 31.4. The van der Waals surface area contributed by atoms with E-state index in [1.807, 2.05) is 12.2 Å². The zero-order chi connectivity index (χ0) is 39.2. The Hall–Kier alpha value is -4.53. The molecule has 2 aliphatic heterocycles. The van der Waals surface area contributed by atoms with Crippen LogP contribution in [0.15, 0.2) is 53.9 Å². The number of benzene rings is 1. The highest BCUT2D eigenvalue weighted by Crippen LogP contribution is 2.46. The maximum Gasteiger partial charge on any atom is 0.306 e. The number of rotatable bonds is 7. The molecule has 4 aliphatic carbocycles. The molecule has 4 saturated carbocycles. The van der Waals surface area contributed by atoms with Crippen molar-refractivity contribution in [2.45, 2.75) is 125 Å². The van der Waals surface area contributed by atoms with Gasteiger partial charge >= 0.3 is 5.97 Å². The number of nitrogens with one attached hydrogen (secondary N) is 2. The fourth-order valence-electron chi connectivity index (χ4n) is 9.46. The Kier molecular flexibility index (Phi) is 10.6. The summed E-state index contributed by atoms with van der Waals surface area (Å²) in [4.78, 5) is 76.7. The van der Waals surface area contributed by atoms with Crippen LogP contribution in [0.4, 0.5) is 0 Å². The van der Waals surface area contributed by atoms with Gasteiger partial charge in [-0.2, -0.15) is 4.98 Å². The molecule has 0 unspecified atom stereocenters. The first-order valence-electron chi connectivity index (χ1n) is 20.3. The fraction of sp³-hybridized carbons (Fsp3) is 0.610. The molecule has 300 valence electrons. The minimum atomic E-state index is -3.91. The molecule has 3 amide bonds. The lowest BCUT2D eigenvalue weighted by Crippen LogP contribution is -2.57. The molecule has 3 heterocycles. The second-order valence-corrected chi connectivity index (χ2v) is 18.6. The molecular weight excluding hydrogens is 739 g/mol. The molecule has 2 aromatic rings. The smallest absolute Gasteiger partial charge is 0.306 e. The van der Waals surface area contributed by atoms with Gasteiger partial charge in [-0.3, -0.25) is 33.3 Å². The van der Waals surface area contributed by atoms with Gasteiger partial charge in [-0.05, 0) is 88.2 Å². The van der Waals surface area contributed by atoms with E-state index in [1.54, 1.807) is 24.3 Å². The molecule has 1 saturated heterocycles. The van der Waals surface area contributed by atoms with Crippen molar-refractivity contribution < 1.29 is 37.1 Å². The molecule has 15 heteroatoms. The van der Waals surface area contributed by atoms with E-state index in [1.165, 1.54) is 15.5 Å². The quantitative estimate of drug-likeness (QED) is 0.310. The molecule has 0 spiro atoms. The maximum absolute atomic E-state index is 14.9. The number of ether oxygens (including phenoxy) is 2.